The molecule has 6 heteroatoms. The zero-order valence-corrected chi connectivity index (χ0v) is 9.97. The first-order valence-corrected chi connectivity index (χ1v) is 5.46. The van der Waals surface area contributed by atoms with Crippen LogP contribution in [0.5, 0.6) is 0 Å². The lowest BCUT2D eigenvalue weighted by molar-refractivity contribution is 0.532. The molecule has 0 radical (unpaired) electrons. The molecule has 3 aromatic rings. The predicted octanol–water partition coefficient (Wildman–Crippen LogP) is 2.46. The molecule has 3 rings (SSSR count). The molecule has 0 amide bonds. The fourth-order valence-electron chi connectivity index (χ4n) is 1.49. The van der Waals surface area contributed by atoms with Crippen LogP contribution in [-0.4, -0.2) is 19.6 Å². The number of rotatable bonds is 1. The van der Waals surface area contributed by atoms with Crippen molar-refractivity contribution in [2.24, 2.45) is 0 Å². The second-order valence-electron chi connectivity index (χ2n) is 3.35. The quantitative estimate of drug-likeness (QED) is 0.686. The molecule has 80 valence electrons. The van der Waals surface area contributed by atoms with Crippen LogP contribution in [0.25, 0.3) is 17.1 Å². The zero-order valence-electron chi connectivity index (χ0n) is 8.38. The number of aryl methyl sites for hydroxylation is 1. The van der Waals surface area contributed by atoms with Gasteiger partial charge in [-0.15, -0.1) is 10.2 Å². The van der Waals surface area contributed by atoms with Gasteiger partial charge < -0.3 is 4.42 Å². The van der Waals surface area contributed by atoms with Crippen LogP contribution in [0, 0.1) is 6.92 Å². The van der Waals surface area contributed by atoms with E-state index in [4.69, 9.17) is 4.42 Å². The summed E-state index contributed by atoms with van der Waals surface area (Å²) in [7, 11) is 0. The number of imidazole rings is 1. The van der Waals surface area contributed by atoms with Gasteiger partial charge in [0.2, 0.25) is 11.8 Å². The fourth-order valence-corrected chi connectivity index (χ4v) is 1.88. The topological polar surface area (TPSA) is 56.2 Å². The van der Waals surface area contributed by atoms with Gasteiger partial charge in [-0.3, -0.25) is 4.40 Å². The molecule has 0 spiro atoms. The third-order valence-corrected chi connectivity index (χ3v) is 2.82. The number of nitrogens with zero attached hydrogens (tertiary/aromatic N) is 4. The van der Waals surface area contributed by atoms with Gasteiger partial charge in [0.1, 0.15) is 10.3 Å². The van der Waals surface area contributed by atoms with Crippen molar-refractivity contribution in [1.82, 2.24) is 19.6 Å². The van der Waals surface area contributed by atoms with E-state index >= 15 is 0 Å². The lowest BCUT2D eigenvalue weighted by Gasteiger charge is -1.98. The Morgan fingerprint density at radius 2 is 2.19 bits per heavy atom. The van der Waals surface area contributed by atoms with E-state index < -0.39 is 0 Å². The van der Waals surface area contributed by atoms with Gasteiger partial charge in [0, 0.05) is 13.1 Å². The van der Waals surface area contributed by atoms with E-state index in [1.165, 1.54) is 0 Å². The average molecular weight is 279 g/mol. The highest BCUT2D eigenvalue weighted by molar-refractivity contribution is 9.10. The van der Waals surface area contributed by atoms with Crippen molar-refractivity contribution in [2.45, 2.75) is 6.92 Å². The molecule has 0 aliphatic rings. The highest BCUT2D eigenvalue weighted by atomic mass is 79.9. The maximum Gasteiger partial charge on any atom is 0.249 e. The molecule has 3 aromatic heterocycles. The van der Waals surface area contributed by atoms with Crippen molar-refractivity contribution in [3.05, 3.63) is 35.0 Å². The summed E-state index contributed by atoms with van der Waals surface area (Å²) in [5, 5.41) is 7.77. The molecular formula is C10H7BrN4O. The van der Waals surface area contributed by atoms with Crippen molar-refractivity contribution in [1.29, 1.82) is 0 Å². The van der Waals surface area contributed by atoms with E-state index in [1.807, 2.05) is 22.7 Å². The standard InChI is InChI=1S/C10H7BrN4O/c1-6-13-14-10(16-6)7-2-3-9-12-4-8(11)15(9)5-7/h2-5H,1H3. The van der Waals surface area contributed by atoms with E-state index in [0.717, 1.165) is 15.8 Å². The largest absolute Gasteiger partial charge is 0.421 e. The van der Waals surface area contributed by atoms with Crippen LogP contribution in [0.1, 0.15) is 5.89 Å². The minimum Gasteiger partial charge on any atom is -0.421 e. The monoisotopic (exact) mass is 278 g/mol. The molecule has 0 aliphatic carbocycles. The molecule has 5 nitrogen and oxygen atoms in total. The normalized spacial score (nSPS) is 11.1. The average Bonchev–Trinajstić information content (AvgIpc) is 2.86. The smallest absolute Gasteiger partial charge is 0.249 e. The van der Waals surface area contributed by atoms with Gasteiger partial charge in [0.05, 0.1) is 11.8 Å². The lowest BCUT2D eigenvalue weighted by atomic mass is 10.3. The van der Waals surface area contributed by atoms with Crippen molar-refractivity contribution >= 4 is 21.6 Å². The number of hydrogen-bond acceptors (Lipinski definition) is 4. The van der Waals surface area contributed by atoms with Crippen molar-refractivity contribution in [3.63, 3.8) is 0 Å². The first-order chi connectivity index (χ1) is 7.74. The van der Waals surface area contributed by atoms with E-state index in [2.05, 4.69) is 31.1 Å². The zero-order chi connectivity index (χ0) is 11.1. The maximum absolute atomic E-state index is 5.36. The number of fused-ring (bicyclic) bond motifs is 1. The van der Waals surface area contributed by atoms with Gasteiger partial charge in [-0.25, -0.2) is 4.98 Å². The summed E-state index contributed by atoms with van der Waals surface area (Å²) in [6.45, 7) is 1.77. The molecular weight excluding hydrogens is 272 g/mol. The van der Waals surface area contributed by atoms with Crippen LogP contribution < -0.4 is 0 Å². The Bertz CT molecular complexity index is 658. The molecule has 0 atom stereocenters. The SMILES string of the molecule is Cc1nnc(-c2ccc3ncc(Br)n3c2)o1. The van der Waals surface area contributed by atoms with Crippen LogP contribution in [-0.2, 0) is 0 Å². The highest BCUT2D eigenvalue weighted by Crippen LogP contribution is 2.20. The number of aromatic nitrogens is 4. The number of halogens is 1. The summed E-state index contributed by atoms with van der Waals surface area (Å²) in [5.41, 5.74) is 1.73. The fraction of sp³-hybridized carbons (Fsp3) is 0.100. The first-order valence-electron chi connectivity index (χ1n) is 4.67. The third-order valence-electron chi connectivity index (χ3n) is 2.23. The minimum atomic E-state index is 0.514. The van der Waals surface area contributed by atoms with Crippen molar-refractivity contribution < 1.29 is 4.42 Å². The second-order valence-corrected chi connectivity index (χ2v) is 4.17. The Morgan fingerprint density at radius 1 is 1.31 bits per heavy atom. The summed E-state index contributed by atoms with van der Waals surface area (Å²) in [6, 6.07) is 3.81. The molecule has 16 heavy (non-hydrogen) atoms. The molecule has 0 saturated carbocycles. The van der Waals surface area contributed by atoms with Crippen molar-refractivity contribution in [3.8, 4) is 11.5 Å². The Morgan fingerprint density at radius 3 is 2.94 bits per heavy atom. The van der Waals surface area contributed by atoms with E-state index in [1.54, 1.807) is 13.1 Å². The van der Waals surface area contributed by atoms with Crippen molar-refractivity contribution in [2.75, 3.05) is 0 Å². The van der Waals surface area contributed by atoms with E-state index in [-0.39, 0.29) is 0 Å². The Kier molecular flexibility index (Phi) is 2.03. The molecule has 0 fully saturated rings. The molecule has 0 N–H and O–H groups in total. The van der Waals surface area contributed by atoms with Gasteiger partial charge in [-0.1, -0.05) is 0 Å². The lowest BCUT2D eigenvalue weighted by Crippen LogP contribution is -1.87. The molecule has 3 heterocycles. The first kappa shape index (κ1) is 9.53. The molecule has 0 bridgehead atoms. The predicted molar refractivity (Wildman–Crippen MR) is 60.9 cm³/mol. The van der Waals surface area contributed by atoms with Crippen LogP contribution >= 0.6 is 15.9 Å². The number of pyridine rings is 1. The van der Waals surface area contributed by atoms with Gasteiger partial charge >= 0.3 is 0 Å². The molecule has 0 unspecified atom stereocenters. The van der Waals surface area contributed by atoms with Crippen LogP contribution in [0.3, 0.4) is 0 Å². The Hall–Kier alpha value is -1.69. The summed E-state index contributed by atoms with van der Waals surface area (Å²) < 4.78 is 8.16. The molecule has 0 saturated heterocycles. The molecule has 0 aromatic carbocycles. The Balaban J connectivity index is 2.21. The third kappa shape index (κ3) is 1.42. The Labute approximate surface area is 99.3 Å². The summed E-state index contributed by atoms with van der Waals surface area (Å²) in [5.74, 6) is 1.07. The van der Waals surface area contributed by atoms with E-state index in [9.17, 15) is 0 Å². The number of hydrogen-bond donors (Lipinski definition) is 0. The van der Waals surface area contributed by atoms with Gasteiger partial charge in [-0.2, -0.15) is 0 Å². The van der Waals surface area contributed by atoms with Crippen LogP contribution in [0.2, 0.25) is 0 Å². The van der Waals surface area contributed by atoms with Gasteiger partial charge in [0.25, 0.3) is 0 Å². The molecule has 0 aliphatic heterocycles. The summed E-state index contributed by atoms with van der Waals surface area (Å²) in [4.78, 5) is 4.21. The summed E-state index contributed by atoms with van der Waals surface area (Å²) in [6.07, 6.45) is 3.65. The second kappa shape index (κ2) is 3.41. The van der Waals surface area contributed by atoms with Crippen LogP contribution in [0.4, 0.5) is 0 Å². The van der Waals surface area contributed by atoms with E-state index in [0.29, 0.717) is 11.8 Å². The van der Waals surface area contributed by atoms with Gasteiger partial charge in [0.15, 0.2) is 0 Å². The maximum atomic E-state index is 5.36. The summed E-state index contributed by atoms with van der Waals surface area (Å²) >= 11 is 3.41. The highest BCUT2D eigenvalue weighted by Gasteiger charge is 2.08. The minimum absolute atomic E-state index is 0.514. The van der Waals surface area contributed by atoms with Gasteiger partial charge in [-0.05, 0) is 28.1 Å². The van der Waals surface area contributed by atoms with Crippen LogP contribution in [0.15, 0.2) is 33.5 Å².